The summed E-state index contributed by atoms with van der Waals surface area (Å²) in [7, 11) is 0. The Morgan fingerprint density at radius 2 is 2.18 bits per heavy atom. The van der Waals surface area contributed by atoms with Crippen molar-refractivity contribution in [3.63, 3.8) is 0 Å². The van der Waals surface area contributed by atoms with Gasteiger partial charge in [0.2, 0.25) is 0 Å². The Labute approximate surface area is 100 Å². The number of hydrogen-bond donors (Lipinski definition) is 2. The molecular formula is C12H17N3O2. The Morgan fingerprint density at radius 1 is 1.53 bits per heavy atom. The fourth-order valence-corrected chi connectivity index (χ4v) is 1.92. The van der Waals surface area contributed by atoms with Crippen molar-refractivity contribution in [1.29, 1.82) is 0 Å². The highest BCUT2D eigenvalue weighted by Gasteiger charge is 2.30. The summed E-state index contributed by atoms with van der Waals surface area (Å²) in [5.41, 5.74) is 5.87. The third kappa shape index (κ3) is 2.74. The molecule has 17 heavy (non-hydrogen) atoms. The zero-order valence-electron chi connectivity index (χ0n) is 9.89. The van der Waals surface area contributed by atoms with Crippen LogP contribution in [0, 0.1) is 0 Å². The first-order chi connectivity index (χ1) is 7.98. The van der Waals surface area contributed by atoms with Gasteiger partial charge in [-0.1, -0.05) is 0 Å². The van der Waals surface area contributed by atoms with Crippen LogP contribution >= 0.6 is 0 Å². The number of piperidine rings is 1. The van der Waals surface area contributed by atoms with E-state index in [1.807, 2.05) is 0 Å². The molecule has 0 atom stereocenters. The summed E-state index contributed by atoms with van der Waals surface area (Å²) in [6.45, 7) is 2.91. The summed E-state index contributed by atoms with van der Waals surface area (Å²) < 4.78 is 0. The SMILES string of the molecule is CC1(O)CCN(C(=O)c2cc(N)ccn2)CC1. The second kappa shape index (κ2) is 4.33. The zero-order valence-corrected chi connectivity index (χ0v) is 9.89. The van der Waals surface area contributed by atoms with Crippen molar-refractivity contribution in [2.45, 2.75) is 25.4 Å². The maximum absolute atomic E-state index is 12.1. The number of anilines is 1. The fourth-order valence-electron chi connectivity index (χ4n) is 1.92. The van der Waals surface area contributed by atoms with E-state index >= 15 is 0 Å². The van der Waals surface area contributed by atoms with Crippen molar-refractivity contribution in [1.82, 2.24) is 9.88 Å². The molecule has 92 valence electrons. The van der Waals surface area contributed by atoms with Crippen molar-refractivity contribution >= 4 is 11.6 Å². The molecule has 0 aliphatic carbocycles. The normalized spacial score (nSPS) is 19.1. The van der Waals surface area contributed by atoms with E-state index in [2.05, 4.69) is 4.98 Å². The number of aromatic nitrogens is 1. The van der Waals surface area contributed by atoms with Gasteiger partial charge in [0, 0.05) is 25.0 Å². The first-order valence-corrected chi connectivity index (χ1v) is 5.71. The zero-order chi connectivity index (χ0) is 12.5. The Kier molecular flexibility index (Phi) is 3.02. The monoisotopic (exact) mass is 235 g/mol. The number of pyridine rings is 1. The molecule has 0 unspecified atom stereocenters. The maximum Gasteiger partial charge on any atom is 0.272 e. The van der Waals surface area contributed by atoms with Gasteiger partial charge in [0.05, 0.1) is 5.60 Å². The lowest BCUT2D eigenvalue weighted by Crippen LogP contribution is -2.45. The molecule has 0 saturated carbocycles. The molecule has 3 N–H and O–H groups in total. The van der Waals surface area contributed by atoms with E-state index in [1.54, 1.807) is 24.0 Å². The van der Waals surface area contributed by atoms with Crippen molar-refractivity contribution in [2.24, 2.45) is 0 Å². The number of aliphatic hydroxyl groups is 1. The van der Waals surface area contributed by atoms with Crippen LogP contribution in [-0.4, -0.2) is 39.6 Å². The quantitative estimate of drug-likeness (QED) is 0.749. The molecule has 5 heteroatoms. The van der Waals surface area contributed by atoms with Gasteiger partial charge in [-0.3, -0.25) is 9.78 Å². The van der Waals surface area contributed by atoms with E-state index in [1.165, 1.54) is 6.20 Å². The first kappa shape index (κ1) is 11.9. The molecule has 1 amide bonds. The highest BCUT2D eigenvalue weighted by molar-refractivity contribution is 5.93. The Bertz CT molecular complexity index is 422. The Hall–Kier alpha value is -1.62. The lowest BCUT2D eigenvalue weighted by molar-refractivity contribution is -0.00219. The van der Waals surface area contributed by atoms with E-state index in [4.69, 9.17) is 5.73 Å². The molecule has 2 rings (SSSR count). The predicted molar refractivity (Wildman–Crippen MR) is 64.4 cm³/mol. The molecule has 1 saturated heterocycles. The Balaban J connectivity index is 2.07. The van der Waals surface area contributed by atoms with Crippen LogP contribution in [-0.2, 0) is 0 Å². The molecule has 0 bridgehead atoms. The first-order valence-electron chi connectivity index (χ1n) is 5.71. The van der Waals surface area contributed by atoms with E-state index in [-0.39, 0.29) is 5.91 Å². The predicted octanol–water partition coefficient (Wildman–Crippen LogP) is 0.651. The average molecular weight is 235 g/mol. The summed E-state index contributed by atoms with van der Waals surface area (Å²) in [6.07, 6.45) is 2.73. The fraction of sp³-hybridized carbons (Fsp3) is 0.500. The third-order valence-corrected chi connectivity index (χ3v) is 3.13. The molecule has 2 heterocycles. The number of rotatable bonds is 1. The molecule has 0 spiro atoms. The standard InChI is InChI=1S/C12H17N3O2/c1-12(17)3-6-15(7-4-12)11(16)10-8-9(13)2-5-14-10/h2,5,8,17H,3-4,6-7H2,1H3,(H2,13,14). The van der Waals surface area contributed by atoms with E-state index < -0.39 is 5.60 Å². The van der Waals surface area contributed by atoms with Crippen molar-refractivity contribution < 1.29 is 9.90 Å². The molecule has 1 aliphatic rings. The van der Waals surface area contributed by atoms with Crippen LogP contribution in [0.3, 0.4) is 0 Å². The summed E-state index contributed by atoms with van der Waals surface area (Å²) in [4.78, 5) is 17.8. The number of hydrogen-bond acceptors (Lipinski definition) is 4. The van der Waals surface area contributed by atoms with Gasteiger partial charge in [-0.05, 0) is 31.9 Å². The number of amides is 1. The van der Waals surface area contributed by atoms with Gasteiger partial charge >= 0.3 is 0 Å². The maximum atomic E-state index is 12.1. The molecule has 1 aromatic rings. The smallest absolute Gasteiger partial charge is 0.272 e. The van der Waals surface area contributed by atoms with Crippen LogP contribution in [0.15, 0.2) is 18.3 Å². The number of nitrogens with two attached hydrogens (primary N) is 1. The summed E-state index contributed by atoms with van der Waals surface area (Å²) >= 11 is 0. The minimum atomic E-state index is -0.653. The van der Waals surface area contributed by atoms with Crippen LogP contribution in [0.1, 0.15) is 30.3 Å². The van der Waals surface area contributed by atoms with Crippen molar-refractivity contribution in [2.75, 3.05) is 18.8 Å². The van der Waals surface area contributed by atoms with Crippen molar-refractivity contribution in [3.8, 4) is 0 Å². The lowest BCUT2D eigenvalue weighted by Gasteiger charge is -2.35. The molecule has 1 fully saturated rings. The second-order valence-corrected chi connectivity index (χ2v) is 4.76. The van der Waals surface area contributed by atoms with Gasteiger partial charge in [-0.25, -0.2) is 0 Å². The number of nitrogen functional groups attached to an aromatic ring is 1. The van der Waals surface area contributed by atoms with Gasteiger partial charge in [0.1, 0.15) is 5.69 Å². The van der Waals surface area contributed by atoms with Gasteiger partial charge in [-0.2, -0.15) is 0 Å². The van der Waals surface area contributed by atoms with E-state index in [0.717, 1.165) is 0 Å². The minimum absolute atomic E-state index is 0.118. The molecule has 1 aromatic heterocycles. The second-order valence-electron chi connectivity index (χ2n) is 4.76. The molecular weight excluding hydrogens is 218 g/mol. The molecule has 0 radical (unpaired) electrons. The average Bonchev–Trinajstić information content (AvgIpc) is 2.28. The summed E-state index contributed by atoms with van der Waals surface area (Å²) in [6, 6.07) is 3.23. The molecule has 5 nitrogen and oxygen atoms in total. The number of nitrogens with zero attached hydrogens (tertiary/aromatic N) is 2. The highest BCUT2D eigenvalue weighted by atomic mass is 16.3. The topological polar surface area (TPSA) is 79.5 Å². The Morgan fingerprint density at radius 3 is 2.76 bits per heavy atom. The van der Waals surface area contributed by atoms with Crippen molar-refractivity contribution in [3.05, 3.63) is 24.0 Å². The number of carbonyl (C=O) groups is 1. The van der Waals surface area contributed by atoms with Gasteiger partial charge < -0.3 is 15.7 Å². The van der Waals surface area contributed by atoms with Gasteiger partial charge in [0.25, 0.3) is 5.91 Å². The minimum Gasteiger partial charge on any atom is -0.399 e. The highest BCUT2D eigenvalue weighted by Crippen LogP contribution is 2.22. The number of likely N-dealkylation sites (tertiary alicyclic amines) is 1. The summed E-state index contributed by atoms with van der Waals surface area (Å²) in [5.74, 6) is -0.118. The van der Waals surface area contributed by atoms with Crippen LogP contribution in [0.5, 0.6) is 0 Å². The van der Waals surface area contributed by atoms with Crippen LogP contribution in [0.25, 0.3) is 0 Å². The number of carbonyl (C=O) groups excluding carboxylic acids is 1. The van der Waals surface area contributed by atoms with Crippen LogP contribution < -0.4 is 5.73 Å². The van der Waals surface area contributed by atoms with Gasteiger partial charge in [-0.15, -0.1) is 0 Å². The van der Waals surface area contributed by atoms with E-state index in [9.17, 15) is 9.90 Å². The van der Waals surface area contributed by atoms with Crippen LogP contribution in [0.2, 0.25) is 0 Å². The molecule has 0 aromatic carbocycles. The van der Waals surface area contributed by atoms with Gasteiger partial charge in [0.15, 0.2) is 0 Å². The summed E-state index contributed by atoms with van der Waals surface area (Å²) in [5, 5.41) is 9.82. The molecule has 1 aliphatic heterocycles. The third-order valence-electron chi connectivity index (χ3n) is 3.13. The lowest BCUT2D eigenvalue weighted by atomic mass is 9.94. The van der Waals surface area contributed by atoms with Crippen LogP contribution in [0.4, 0.5) is 5.69 Å². The van der Waals surface area contributed by atoms with E-state index in [0.29, 0.717) is 37.3 Å². The largest absolute Gasteiger partial charge is 0.399 e.